The van der Waals surface area contributed by atoms with Crippen molar-refractivity contribution in [3.05, 3.63) is 32.3 Å². The number of hydrogen-bond donors (Lipinski definition) is 1. The Kier molecular flexibility index (Phi) is 5.22. The minimum absolute atomic E-state index is 0.256. The summed E-state index contributed by atoms with van der Waals surface area (Å²) in [5.41, 5.74) is -1.77. The van der Waals surface area contributed by atoms with Crippen molar-refractivity contribution in [3.8, 4) is 0 Å². The quantitative estimate of drug-likeness (QED) is 0.644. The first-order valence-electron chi connectivity index (χ1n) is 5.69. The molecule has 118 valence electrons. The van der Waals surface area contributed by atoms with Crippen molar-refractivity contribution in [2.45, 2.75) is 24.3 Å². The maximum absolute atomic E-state index is 12.5. The molecule has 0 bridgehead atoms. The number of benzene rings is 1. The third kappa shape index (κ3) is 3.29. The second kappa shape index (κ2) is 6.05. The maximum atomic E-state index is 12.5. The molecule has 0 heterocycles. The molecule has 0 saturated heterocycles. The molecule has 0 aromatic heterocycles. The lowest BCUT2D eigenvalue weighted by Crippen LogP contribution is -2.47. The monoisotopic (exact) mass is 356 g/mol. The molecule has 1 N–H and O–H groups in total. The number of aliphatic hydroxyl groups excluding tert-OH is 1. The minimum atomic E-state index is -4.13. The van der Waals surface area contributed by atoms with Crippen LogP contribution in [0, 0.1) is 10.1 Å². The molecule has 21 heavy (non-hydrogen) atoms. The van der Waals surface area contributed by atoms with Gasteiger partial charge in [0.25, 0.3) is 0 Å². The molecule has 0 amide bonds. The Morgan fingerprint density at radius 1 is 1.38 bits per heavy atom. The van der Waals surface area contributed by atoms with E-state index >= 15 is 0 Å². The van der Waals surface area contributed by atoms with Gasteiger partial charge in [-0.3, -0.25) is 10.1 Å². The van der Waals surface area contributed by atoms with E-state index in [1.165, 1.54) is 20.9 Å². The van der Waals surface area contributed by atoms with Crippen LogP contribution in [-0.4, -0.2) is 41.9 Å². The molecular weight excluding hydrogens is 343 g/mol. The molecule has 0 spiro atoms. The third-order valence-electron chi connectivity index (χ3n) is 3.09. The Labute approximate surface area is 132 Å². The van der Waals surface area contributed by atoms with Crippen LogP contribution in [0.2, 0.25) is 10.0 Å². The molecule has 0 aliphatic carbocycles. The van der Waals surface area contributed by atoms with Gasteiger partial charge in [-0.15, -0.1) is 0 Å². The van der Waals surface area contributed by atoms with Gasteiger partial charge in [0.05, 0.1) is 17.1 Å². The third-order valence-corrected chi connectivity index (χ3v) is 6.00. The fraction of sp³-hybridized carbons (Fsp3) is 0.455. The van der Waals surface area contributed by atoms with Crippen LogP contribution in [-0.2, 0) is 10.0 Å². The number of rotatable bonds is 5. The number of nitro groups is 1. The predicted molar refractivity (Wildman–Crippen MR) is 79.2 cm³/mol. The van der Waals surface area contributed by atoms with Crippen LogP contribution in [0.5, 0.6) is 0 Å². The van der Waals surface area contributed by atoms with Gasteiger partial charge in [0.1, 0.15) is 14.9 Å². The molecule has 1 aromatic carbocycles. The second-order valence-electron chi connectivity index (χ2n) is 4.91. The number of hydrogen-bond acceptors (Lipinski definition) is 5. The van der Waals surface area contributed by atoms with Crippen molar-refractivity contribution in [3.63, 3.8) is 0 Å². The highest BCUT2D eigenvalue weighted by atomic mass is 35.5. The molecule has 7 nitrogen and oxygen atoms in total. The molecule has 1 aromatic rings. The zero-order chi connectivity index (χ0) is 16.6. The van der Waals surface area contributed by atoms with Crippen molar-refractivity contribution >= 4 is 38.9 Å². The molecule has 1 rings (SSSR count). The number of aliphatic hydroxyl groups is 1. The average molecular weight is 357 g/mol. The second-order valence-corrected chi connectivity index (χ2v) is 7.63. The van der Waals surface area contributed by atoms with Gasteiger partial charge >= 0.3 is 5.69 Å². The van der Waals surface area contributed by atoms with E-state index in [9.17, 15) is 23.6 Å². The zero-order valence-corrected chi connectivity index (χ0v) is 13.8. The van der Waals surface area contributed by atoms with Crippen molar-refractivity contribution < 1.29 is 18.4 Å². The normalized spacial score (nSPS) is 12.7. The maximum Gasteiger partial charge on any atom is 0.307 e. The lowest BCUT2D eigenvalue weighted by atomic mass is 10.1. The number of nitrogens with zero attached hydrogens (tertiary/aromatic N) is 2. The number of halogens is 2. The highest BCUT2D eigenvalue weighted by Gasteiger charge is 2.37. The predicted octanol–water partition coefficient (Wildman–Crippen LogP) is 2.29. The van der Waals surface area contributed by atoms with Gasteiger partial charge in [-0.2, -0.15) is 4.31 Å². The summed E-state index contributed by atoms with van der Waals surface area (Å²) in [6.45, 7) is 2.57. The van der Waals surface area contributed by atoms with Crippen molar-refractivity contribution in [2.24, 2.45) is 0 Å². The van der Waals surface area contributed by atoms with Crippen LogP contribution in [0.25, 0.3) is 0 Å². The highest BCUT2D eigenvalue weighted by molar-refractivity contribution is 7.89. The van der Waals surface area contributed by atoms with Gasteiger partial charge in [0.15, 0.2) is 0 Å². The Morgan fingerprint density at radius 3 is 2.33 bits per heavy atom. The smallest absolute Gasteiger partial charge is 0.307 e. The van der Waals surface area contributed by atoms with E-state index in [2.05, 4.69) is 0 Å². The van der Waals surface area contributed by atoms with Crippen LogP contribution < -0.4 is 0 Å². The Bertz CT molecular complexity index is 675. The molecule has 0 aliphatic rings. The van der Waals surface area contributed by atoms with Crippen molar-refractivity contribution in [2.75, 3.05) is 13.7 Å². The highest BCUT2D eigenvalue weighted by Crippen LogP contribution is 2.38. The van der Waals surface area contributed by atoms with E-state index in [4.69, 9.17) is 23.2 Å². The van der Waals surface area contributed by atoms with Crippen LogP contribution in [0.4, 0.5) is 5.69 Å². The van der Waals surface area contributed by atoms with Gasteiger partial charge in [-0.1, -0.05) is 23.2 Å². The number of likely N-dealkylation sites (N-methyl/N-ethyl adjacent to an activating group) is 1. The van der Waals surface area contributed by atoms with Crippen molar-refractivity contribution in [1.82, 2.24) is 4.31 Å². The summed E-state index contributed by atoms with van der Waals surface area (Å²) in [6.07, 6.45) is 0. The molecule has 0 radical (unpaired) electrons. The van der Waals surface area contributed by atoms with E-state index in [0.29, 0.717) is 0 Å². The van der Waals surface area contributed by atoms with Gasteiger partial charge < -0.3 is 5.11 Å². The summed E-state index contributed by atoms with van der Waals surface area (Å²) >= 11 is 11.5. The van der Waals surface area contributed by atoms with Crippen LogP contribution >= 0.6 is 23.2 Å². The van der Waals surface area contributed by atoms with Gasteiger partial charge in [-0.25, -0.2) is 8.42 Å². The van der Waals surface area contributed by atoms with Gasteiger partial charge in [0, 0.05) is 7.05 Å². The minimum Gasteiger partial charge on any atom is -0.394 e. The first kappa shape index (κ1) is 18.1. The standard InChI is InChI=1S/C11H14Cl2N2O5S/c1-11(2,6-16)14(3)21(19,20)8-5-4-7(12)10(9(8)13)15(17)18/h4-5,16H,6H2,1-3H3. The summed E-state index contributed by atoms with van der Waals surface area (Å²) < 4.78 is 25.9. The summed E-state index contributed by atoms with van der Waals surface area (Å²) in [6, 6.07) is 2.19. The van der Waals surface area contributed by atoms with Crippen LogP contribution in [0.15, 0.2) is 17.0 Å². The Morgan fingerprint density at radius 2 is 1.90 bits per heavy atom. The number of nitro benzene ring substituents is 1. The summed E-state index contributed by atoms with van der Waals surface area (Å²) in [5.74, 6) is 0. The van der Waals surface area contributed by atoms with Gasteiger partial charge in [0.2, 0.25) is 10.0 Å². The fourth-order valence-electron chi connectivity index (χ4n) is 1.46. The van der Waals surface area contributed by atoms with E-state index in [-0.39, 0.29) is 5.02 Å². The van der Waals surface area contributed by atoms with Crippen LogP contribution in [0.1, 0.15) is 13.8 Å². The van der Waals surface area contributed by atoms with E-state index < -0.39 is 42.7 Å². The number of sulfonamides is 1. The molecule has 0 atom stereocenters. The fourth-order valence-corrected chi connectivity index (χ4v) is 3.83. The lowest BCUT2D eigenvalue weighted by molar-refractivity contribution is -0.384. The first-order valence-corrected chi connectivity index (χ1v) is 7.88. The van der Waals surface area contributed by atoms with Crippen molar-refractivity contribution in [1.29, 1.82) is 0 Å². The van der Waals surface area contributed by atoms with E-state index in [1.54, 1.807) is 0 Å². The topological polar surface area (TPSA) is 101 Å². The molecular formula is C11H14Cl2N2O5S. The Balaban J connectivity index is 3.54. The van der Waals surface area contributed by atoms with Gasteiger partial charge in [-0.05, 0) is 26.0 Å². The Hall–Kier alpha value is -0.930. The summed E-state index contributed by atoms with van der Waals surface area (Å²) in [4.78, 5) is 9.65. The molecule has 0 saturated carbocycles. The SMILES string of the molecule is CN(C(C)(C)CO)S(=O)(=O)c1ccc(Cl)c([N+](=O)[O-])c1Cl. The largest absolute Gasteiger partial charge is 0.394 e. The average Bonchev–Trinajstić information content (AvgIpc) is 2.36. The lowest BCUT2D eigenvalue weighted by Gasteiger charge is -2.32. The van der Waals surface area contributed by atoms with Crippen LogP contribution in [0.3, 0.4) is 0 Å². The van der Waals surface area contributed by atoms with E-state index in [1.807, 2.05) is 0 Å². The molecule has 0 fully saturated rings. The summed E-state index contributed by atoms with van der Waals surface area (Å²) in [5, 5.41) is 19.4. The molecule has 10 heteroatoms. The first-order chi connectivity index (χ1) is 9.46. The van der Waals surface area contributed by atoms with E-state index in [0.717, 1.165) is 16.4 Å². The zero-order valence-electron chi connectivity index (χ0n) is 11.5. The molecule has 0 unspecified atom stereocenters. The molecule has 0 aliphatic heterocycles. The summed E-state index contributed by atoms with van der Waals surface area (Å²) in [7, 11) is -2.88.